The predicted octanol–water partition coefficient (Wildman–Crippen LogP) is 3.51. The van der Waals surface area contributed by atoms with E-state index in [4.69, 9.17) is 9.47 Å². The summed E-state index contributed by atoms with van der Waals surface area (Å²) in [5.41, 5.74) is 2.01. The van der Waals surface area contributed by atoms with Gasteiger partial charge in [0.2, 0.25) is 0 Å². The summed E-state index contributed by atoms with van der Waals surface area (Å²) in [5.74, 6) is 1.28. The van der Waals surface area contributed by atoms with Gasteiger partial charge in [-0.15, -0.1) is 0 Å². The molecule has 6 heteroatoms. The number of anilines is 2. The number of aromatic nitrogens is 1. The first-order valence-electron chi connectivity index (χ1n) is 8.45. The Labute approximate surface area is 147 Å². The second kappa shape index (κ2) is 7.88. The Kier molecular flexibility index (Phi) is 5.38. The van der Waals surface area contributed by atoms with Gasteiger partial charge in [-0.25, -0.2) is 4.98 Å². The highest BCUT2D eigenvalue weighted by Gasteiger charge is 2.18. The third-order valence-corrected chi connectivity index (χ3v) is 4.37. The van der Waals surface area contributed by atoms with Crippen LogP contribution in [-0.2, 0) is 0 Å². The smallest absolute Gasteiger partial charge is 0.270 e. The number of hydrogen-bond acceptors (Lipinski definition) is 5. The third-order valence-electron chi connectivity index (χ3n) is 4.37. The molecule has 0 radical (unpaired) electrons. The van der Waals surface area contributed by atoms with Crippen molar-refractivity contribution in [1.82, 2.24) is 10.3 Å². The lowest BCUT2D eigenvalue weighted by Gasteiger charge is -2.13. The van der Waals surface area contributed by atoms with Crippen LogP contribution in [0.3, 0.4) is 0 Å². The summed E-state index contributed by atoms with van der Waals surface area (Å²) in [6, 6.07) is 9.37. The van der Waals surface area contributed by atoms with Crippen LogP contribution in [-0.4, -0.2) is 31.2 Å². The Balaban J connectivity index is 1.67. The van der Waals surface area contributed by atoms with Gasteiger partial charge >= 0.3 is 0 Å². The second-order valence-electron chi connectivity index (χ2n) is 6.08. The summed E-state index contributed by atoms with van der Waals surface area (Å²) in [4.78, 5) is 16.5. The predicted molar refractivity (Wildman–Crippen MR) is 96.8 cm³/mol. The summed E-state index contributed by atoms with van der Waals surface area (Å²) in [5, 5.41) is 6.28. The Bertz CT molecular complexity index is 725. The number of methoxy groups -OCH3 is 2. The fraction of sp³-hybridized carbons (Fsp3) is 0.368. The van der Waals surface area contributed by atoms with Gasteiger partial charge in [0.25, 0.3) is 5.91 Å². The number of rotatable bonds is 6. The zero-order valence-corrected chi connectivity index (χ0v) is 14.5. The first-order valence-corrected chi connectivity index (χ1v) is 8.45. The van der Waals surface area contributed by atoms with Crippen molar-refractivity contribution in [3.63, 3.8) is 0 Å². The molecule has 2 aromatic rings. The van der Waals surface area contributed by atoms with E-state index in [1.165, 1.54) is 12.8 Å². The van der Waals surface area contributed by atoms with E-state index in [1.807, 2.05) is 18.2 Å². The highest BCUT2D eigenvalue weighted by atomic mass is 16.5. The lowest BCUT2D eigenvalue weighted by atomic mass is 10.2. The first-order chi connectivity index (χ1) is 12.2. The number of hydrogen-bond donors (Lipinski definition) is 2. The number of carbonyl (C=O) groups is 1. The molecule has 1 aliphatic carbocycles. The normalized spacial score (nSPS) is 14.2. The van der Waals surface area contributed by atoms with Gasteiger partial charge in [-0.05, 0) is 37.1 Å². The molecule has 0 spiro atoms. The molecule has 1 fully saturated rings. The molecule has 3 rings (SSSR count). The monoisotopic (exact) mass is 341 g/mol. The Hall–Kier alpha value is -2.76. The van der Waals surface area contributed by atoms with Crippen molar-refractivity contribution in [2.75, 3.05) is 19.5 Å². The van der Waals surface area contributed by atoms with E-state index in [1.54, 1.807) is 32.5 Å². The Morgan fingerprint density at radius 1 is 1.12 bits per heavy atom. The molecule has 6 nitrogen and oxygen atoms in total. The van der Waals surface area contributed by atoms with Gasteiger partial charge in [-0.1, -0.05) is 12.8 Å². The van der Waals surface area contributed by atoms with Crippen molar-refractivity contribution in [1.29, 1.82) is 0 Å². The maximum atomic E-state index is 12.2. The van der Waals surface area contributed by atoms with Gasteiger partial charge in [0, 0.05) is 12.1 Å². The maximum absolute atomic E-state index is 12.2. The zero-order valence-electron chi connectivity index (χ0n) is 14.5. The lowest BCUT2D eigenvalue weighted by Crippen LogP contribution is -2.33. The number of nitrogens with zero attached hydrogens (tertiary/aromatic N) is 1. The van der Waals surface area contributed by atoms with Crippen molar-refractivity contribution in [3.8, 4) is 11.5 Å². The topological polar surface area (TPSA) is 72.5 Å². The molecule has 1 aromatic carbocycles. The molecule has 132 valence electrons. The van der Waals surface area contributed by atoms with Gasteiger partial charge < -0.3 is 20.1 Å². The zero-order chi connectivity index (χ0) is 17.6. The van der Waals surface area contributed by atoms with E-state index in [0.29, 0.717) is 11.4 Å². The SMILES string of the molecule is COc1ccc(Nc2ccc(C(=O)NC3CCCC3)nc2)c(OC)c1. The van der Waals surface area contributed by atoms with Crippen LogP contribution in [0.15, 0.2) is 36.5 Å². The molecule has 0 unspecified atom stereocenters. The third kappa shape index (κ3) is 4.21. The molecule has 25 heavy (non-hydrogen) atoms. The molecular weight excluding hydrogens is 318 g/mol. The van der Waals surface area contributed by atoms with Crippen molar-refractivity contribution in [3.05, 3.63) is 42.2 Å². The van der Waals surface area contributed by atoms with Gasteiger partial charge in [0.05, 0.1) is 31.8 Å². The van der Waals surface area contributed by atoms with Crippen molar-refractivity contribution >= 4 is 17.3 Å². The van der Waals surface area contributed by atoms with Crippen LogP contribution in [0.2, 0.25) is 0 Å². The van der Waals surface area contributed by atoms with Crippen LogP contribution in [0, 0.1) is 0 Å². The van der Waals surface area contributed by atoms with Crippen molar-refractivity contribution in [2.45, 2.75) is 31.7 Å². The highest BCUT2D eigenvalue weighted by molar-refractivity contribution is 5.92. The summed E-state index contributed by atoms with van der Waals surface area (Å²) in [6.45, 7) is 0. The van der Waals surface area contributed by atoms with Crippen LogP contribution in [0.5, 0.6) is 11.5 Å². The molecule has 0 aliphatic heterocycles. The largest absolute Gasteiger partial charge is 0.497 e. The minimum absolute atomic E-state index is 0.111. The summed E-state index contributed by atoms with van der Waals surface area (Å²) >= 11 is 0. The lowest BCUT2D eigenvalue weighted by molar-refractivity contribution is 0.0933. The molecule has 1 aromatic heterocycles. The average Bonchev–Trinajstić information content (AvgIpc) is 3.15. The molecule has 0 atom stereocenters. The fourth-order valence-corrected chi connectivity index (χ4v) is 2.99. The average molecular weight is 341 g/mol. The minimum Gasteiger partial charge on any atom is -0.497 e. The number of carbonyl (C=O) groups excluding carboxylic acids is 1. The second-order valence-corrected chi connectivity index (χ2v) is 6.08. The number of pyridine rings is 1. The molecular formula is C19H23N3O3. The van der Waals surface area contributed by atoms with Gasteiger partial charge in [0.1, 0.15) is 17.2 Å². The van der Waals surface area contributed by atoms with Crippen LogP contribution >= 0.6 is 0 Å². The minimum atomic E-state index is -0.111. The van der Waals surface area contributed by atoms with Crippen LogP contribution < -0.4 is 20.1 Å². The Morgan fingerprint density at radius 2 is 1.92 bits per heavy atom. The van der Waals surface area contributed by atoms with Crippen LogP contribution in [0.25, 0.3) is 0 Å². The molecule has 1 saturated carbocycles. The standard InChI is InChI=1S/C19H23N3O3/c1-24-15-8-10-16(18(11-15)25-2)21-14-7-9-17(20-12-14)19(23)22-13-5-3-4-6-13/h7-13,21H,3-6H2,1-2H3,(H,22,23). The summed E-state index contributed by atoms with van der Waals surface area (Å²) in [7, 11) is 3.22. The highest BCUT2D eigenvalue weighted by Crippen LogP contribution is 2.31. The van der Waals surface area contributed by atoms with E-state index >= 15 is 0 Å². The number of benzene rings is 1. The van der Waals surface area contributed by atoms with Gasteiger partial charge in [0.15, 0.2) is 0 Å². The van der Waals surface area contributed by atoms with Crippen molar-refractivity contribution < 1.29 is 14.3 Å². The van der Waals surface area contributed by atoms with Crippen LogP contribution in [0.4, 0.5) is 11.4 Å². The number of ether oxygens (including phenoxy) is 2. The number of nitrogens with one attached hydrogen (secondary N) is 2. The molecule has 1 heterocycles. The number of amides is 1. The van der Waals surface area contributed by atoms with E-state index in [2.05, 4.69) is 15.6 Å². The molecule has 0 saturated heterocycles. The van der Waals surface area contributed by atoms with Crippen LogP contribution in [0.1, 0.15) is 36.2 Å². The molecule has 2 N–H and O–H groups in total. The van der Waals surface area contributed by atoms with E-state index < -0.39 is 0 Å². The molecule has 1 aliphatic rings. The molecule has 0 bridgehead atoms. The quantitative estimate of drug-likeness (QED) is 0.841. The van der Waals surface area contributed by atoms with Crippen molar-refractivity contribution in [2.24, 2.45) is 0 Å². The summed E-state index contributed by atoms with van der Waals surface area (Å²) in [6.07, 6.45) is 6.13. The van der Waals surface area contributed by atoms with E-state index in [9.17, 15) is 4.79 Å². The van der Waals surface area contributed by atoms with Gasteiger partial charge in [-0.2, -0.15) is 0 Å². The van der Waals surface area contributed by atoms with E-state index in [-0.39, 0.29) is 11.9 Å². The fourth-order valence-electron chi connectivity index (χ4n) is 2.99. The maximum Gasteiger partial charge on any atom is 0.270 e. The van der Waals surface area contributed by atoms with E-state index in [0.717, 1.165) is 30.0 Å². The van der Waals surface area contributed by atoms with Gasteiger partial charge in [-0.3, -0.25) is 4.79 Å². The molecule has 1 amide bonds. The Morgan fingerprint density at radius 3 is 2.56 bits per heavy atom. The summed E-state index contributed by atoms with van der Waals surface area (Å²) < 4.78 is 10.6. The first kappa shape index (κ1) is 17.1.